The van der Waals surface area contributed by atoms with E-state index in [1.807, 2.05) is 0 Å². The molecule has 2 unspecified atom stereocenters. The smallest absolute Gasteiger partial charge is 0.0726 e. The standard InChI is InChI=1S/C14H24N2O/c1-10-8-13(12(3)16(10)4)9-15-11(2)14-6-5-7-17-14/h8,11,14-15H,5-7,9H2,1-4H3. The Morgan fingerprint density at radius 2 is 2.29 bits per heavy atom. The molecule has 1 aliphatic rings. The van der Waals surface area contributed by atoms with Crippen LogP contribution in [0.25, 0.3) is 0 Å². The lowest BCUT2D eigenvalue weighted by atomic mass is 10.1. The molecular weight excluding hydrogens is 212 g/mol. The van der Waals surface area contributed by atoms with Crippen molar-refractivity contribution in [3.8, 4) is 0 Å². The molecule has 0 aromatic carbocycles. The second-order valence-corrected chi connectivity index (χ2v) is 5.18. The van der Waals surface area contributed by atoms with Gasteiger partial charge in [-0.2, -0.15) is 0 Å². The predicted molar refractivity (Wildman–Crippen MR) is 70.2 cm³/mol. The molecule has 96 valence electrons. The maximum atomic E-state index is 5.69. The number of nitrogens with zero attached hydrogens (tertiary/aromatic N) is 1. The van der Waals surface area contributed by atoms with Crippen molar-refractivity contribution >= 4 is 0 Å². The van der Waals surface area contributed by atoms with Crippen LogP contribution in [-0.2, 0) is 18.3 Å². The second-order valence-electron chi connectivity index (χ2n) is 5.18. The number of aryl methyl sites for hydroxylation is 1. The average Bonchev–Trinajstić information content (AvgIpc) is 2.91. The summed E-state index contributed by atoms with van der Waals surface area (Å²) < 4.78 is 7.94. The zero-order valence-corrected chi connectivity index (χ0v) is 11.4. The summed E-state index contributed by atoms with van der Waals surface area (Å²) >= 11 is 0. The summed E-state index contributed by atoms with van der Waals surface area (Å²) in [6, 6.07) is 2.71. The molecule has 1 aromatic rings. The van der Waals surface area contributed by atoms with Crippen molar-refractivity contribution in [3.63, 3.8) is 0 Å². The molecule has 1 aliphatic heterocycles. The third kappa shape index (κ3) is 2.72. The fourth-order valence-electron chi connectivity index (χ4n) is 2.51. The van der Waals surface area contributed by atoms with Crippen LogP contribution in [0.5, 0.6) is 0 Å². The van der Waals surface area contributed by atoms with E-state index in [0.717, 1.165) is 13.2 Å². The first kappa shape index (κ1) is 12.7. The molecule has 2 atom stereocenters. The zero-order valence-electron chi connectivity index (χ0n) is 11.4. The van der Waals surface area contributed by atoms with E-state index in [2.05, 4.69) is 43.8 Å². The Kier molecular flexibility index (Phi) is 3.89. The van der Waals surface area contributed by atoms with Crippen molar-refractivity contribution in [2.75, 3.05) is 6.61 Å². The monoisotopic (exact) mass is 236 g/mol. The minimum absolute atomic E-state index is 0.403. The molecular formula is C14H24N2O. The van der Waals surface area contributed by atoms with Crippen LogP contribution in [0.4, 0.5) is 0 Å². The van der Waals surface area contributed by atoms with Gasteiger partial charge in [-0.25, -0.2) is 0 Å². The van der Waals surface area contributed by atoms with Gasteiger partial charge in [-0.15, -0.1) is 0 Å². The van der Waals surface area contributed by atoms with Crippen molar-refractivity contribution in [2.45, 2.75) is 52.3 Å². The van der Waals surface area contributed by atoms with E-state index in [4.69, 9.17) is 4.74 Å². The first-order chi connectivity index (χ1) is 8.09. The minimum atomic E-state index is 0.403. The summed E-state index contributed by atoms with van der Waals surface area (Å²) in [4.78, 5) is 0. The highest BCUT2D eigenvalue weighted by Crippen LogP contribution is 2.17. The zero-order chi connectivity index (χ0) is 12.4. The summed E-state index contributed by atoms with van der Waals surface area (Å²) in [6.45, 7) is 8.43. The first-order valence-electron chi connectivity index (χ1n) is 6.56. The Labute approximate surface area is 104 Å². The predicted octanol–water partition coefficient (Wildman–Crippen LogP) is 2.30. The Morgan fingerprint density at radius 3 is 2.82 bits per heavy atom. The molecule has 1 fully saturated rings. The number of hydrogen-bond acceptors (Lipinski definition) is 2. The highest BCUT2D eigenvalue weighted by atomic mass is 16.5. The van der Waals surface area contributed by atoms with Crippen molar-refractivity contribution < 1.29 is 4.74 Å². The molecule has 0 radical (unpaired) electrons. The number of rotatable bonds is 4. The van der Waals surface area contributed by atoms with Crippen LogP contribution in [0.15, 0.2) is 6.07 Å². The first-order valence-corrected chi connectivity index (χ1v) is 6.56. The molecule has 3 nitrogen and oxygen atoms in total. The fraction of sp³-hybridized carbons (Fsp3) is 0.714. The van der Waals surface area contributed by atoms with Gasteiger partial charge < -0.3 is 14.6 Å². The molecule has 0 spiro atoms. The Balaban J connectivity index is 1.90. The molecule has 0 saturated carbocycles. The fourth-order valence-corrected chi connectivity index (χ4v) is 2.51. The van der Waals surface area contributed by atoms with Gasteiger partial charge in [0.05, 0.1) is 6.10 Å². The van der Waals surface area contributed by atoms with Gasteiger partial charge in [0.25, 0.3) is 0 Å². The molecule has 3 heteroatoms. The third-order valence-corrected chi connectivity index (χ3v) is 4.02. The van der Waals surface area contributed by atoms with E-state index < -0.39 is 0 Å². The van der Waals surface area contributed by atoms with E-state index in [-0.39, 0.29) is 0 Å². The van der Waals surface area contributed by atoms with Crippen molar-refractivity contribution in [2.24, 2.45) is 7.05 Å². The number of aromatic nitrogens is 1. The Morgan fingerprint density at radius 1 is 1.53 bits per heavy atom. The van der Waals surface area contributed by atoms with Crippen LogP contribution in [0.3, 0.4) is 0 Å². The molecule has 1 saturated heterocycles. The van der Waals surface area contributed by atoms with Crippen LogP contribution < -0.4 is 5.32 Å². The van der Waals surface area contributed by atoms with Gasteiger partial charge in [-0.05, 0) is 45.2 Å². The lowest BCUT2D eigenvalue weighted by Gasteiger charge is -2.20. The molecule has 2 rings (SSSR count). The molecule has 0 aliphatic carbocycles. The van der Waals surface area contributed by atoms with Gasteiger partial charge >= 0.3 is 0 Å². The van der Waals surface area contributed by atoms with Crippen LogP contribution in [0.2, 0.25) is 0 Å². The van der Waals surface area contributed by atoms with Crippen LogP contribution in [0, 0.1) is 13.8 Å². The molecule has 2 heterocycles. The number of nitrogens with one attached hydrogen (secondary N) is 1. The SMILES string of the molecule is Cc1cc(CNC(C)C2CCCO2)c(C)n1C. The Hall–Kier alpha value is -0.800. The molecule has 0 amide bonds. The van der Waals surface area contributed by atoms with Crippen LogP contribution in [0.1, 0.15) is 36.7 Å². The highest BCUT2D eigenvalue weighted by molar-refractivity contribution is 5.26. The lowest BCUT2D eigenvalue weighted by Crippen LogP contribution is -2.36. The Bertz CT molecular complexity index is 378. The summed E-state index contributed by atoms with van der Waals surface area (Å²) in [5.41, 5.74) is 4.08. The van der Waals surface area contributed by atoms with Crippen molar-refractivity contribution in [3.05, 3.63) is 23.0 Å². The second kappa shape index (κ2) is 5.23. The van der Waals surface area contributed by atoms with E-state index in [1.54, 1.807) is 0 Å². The van der Waals surface area contributed by atoms with Crippen molar-refractivity contribution in [1.82, 2.24) is 9.88 Å². The van der Waals surface area contributed by atoms with Gasteiger partial charge in [-0.3, -0.25) is 0 Å². The topological polar surface area (TPSA) is 26.2 Å². The van der Waals surface area contributed by atoms with Gasteiger partial charge in [-0.1, -0.05) is 0 Å². The largest absolute Gasteiger partial charge is 0.377 e. The van der Waals surface area contributed by atoms with E-state index in [0.29, 0.717) is 12.1 Å². The van der Waals surface area contributed by atoms with Crippen LogP contribution in [-0.4, -0.2) is 23.3 Å². The third-order valence-electron chi connectivity index (χ3n) is 4.02. The summed E-state index contributed by atoms with van der Waals surface area (Å²) in [5.74, 6) is 0. The normalized spacial score (nSPS) is 22.0. The maximum absolute atomic E-state index is 5.69. The molecule has 1 N–H and O–H groups in total. The van der Waals surface area contributed by atoms with E-state index >= 15 is 0 Å². The van der Waals surface area contributed by atoms with E-state index in [1.165, 1.54) is 29.8 Å². The minimum Gasteiger partial charge on any atom is -0.377 e. The highest BCUT2D eigenvalue weighted by Gasteiger charge is 2.22. The summed E-state index contributed by atoms with van der Waals surface area (Å²) in [5, 5.41) is 3.58. The maximum Gasteiger partial charge on any atom is 0.0726 e. The summed E-state index contributed by atoms with van der Waals surface area (Å²) in [7, 11) is 2.12. The number of ether oxygens (including phenoxy) is 1. The summed E-state index contributed by atoms with van der Waals surface area (Å²) in [6.07, 6.45) is 2.81. The van der Waals surface area contributed by atoms with Gasteiger partial charge in [0, 0.05) is 37.6 Å². The van der Waals surface area contributed by atoms with Gasteiger partial charge in [0.15, 0.2) is 0 Å². The van der Waals surface area contributed by atoms with E-state index in [9.17, 15) is 0 Å². The van der Waals surface area contributed by atoms with Gasteiger partial charge in [0.2, 0.25) is 0 Å². The molecule has 0 bridgehead atoms. The lowest BCUT2D eigenvalue weighted by molar-refractivity contribution is 0.0832. The van der Waals surface area contributed by atoms with Gasteiger partial charge in [0.1, 0.15) is 0 Å². The average molecular weight is 236 g/mol. The number of hydrogen-bond donors (Lipinski definition) is 1. The molecule has 17 heavy (non-hydrogen) atoms. The van der Waals surface area contributed by atoms with Crippen molar-refractivity contribution in [1.29, 1.82) is 0 Å². The van der Waals surface area contributed by atoms with Crippen LogP contribution >= 0.6 is 0 Å². The molecule has 1 aromatic heterocycles. The quantitative estimate of drug-likeness (QED) is 0.868.